The van der Waals surface area contributed by atoms with Gasteiger partial charge in [-0.1, -0.05) is 18.2 Å². The largest absolute Gasteiger partial charge is 0.488 e. The molecule has 0 spiro atoms. The van der Waals surface area contributed by atoms with E-state index in [4.69, 9.17) is 38.4 Å². The first-order valence-corrected chi connectivity index (χ1v) is 21.5. The van der Waals surface area contributed by atoms with Crippen LogP contribution in [0.1, 0.15) is 69.3 Å². The van der Waals surface area contributed by atoms with Gasteiger partial charge in [-0.3, -0.25) is 9.59 Å². The van der Waals surface area contributed by atoms with Crippen LogP contribution in [0.5, 0.6) is 5.75 Å². The maximum atomic E-state index is 14.1. The Morgan fingerprint density at radius 3 is 2.25 bits per heavy atom. The van der Waals surface area contributed by atoms with E-state index in [1.807, 2.05) is 25.1 Å². The third-order valence-electron chi connectivity index (χ3n) is 13.0. The molecular formula is C46H56N8O10. The fourth-order valence-corrected chi connectivity index (χ4v) is 9.44. The van der Waals surface area contributed by atoms with E-state index in [2.05, 4.69) is 44.9 Å². The van der Waals surface area contributed by atoms with Crippen LogP contribution in [-0.2, 0) is 39.9 Å². The third kappa shape index (κ3) is 8.32. The number of amides is 4. The molecule has 4 amide bonds. The third-order valence-corrected chi connectivity index (χ3v) is 13.0. The van der Waals surface area contributed by atoms with Crippen molar-refractivity contribution in [3.8, 4) is 28.1 Å². The molecule has 4 N–H and O–H groups in total. The molecule has 2 saturated heterocycles. The highest BCUT2D eigenvalue weighted by Gasteiger charge is 2.44. The second-order valence-electron chi connectivity index (χ2n) is 16.9. The summed E-state index contributed by atoms with van der Waals surface area (Å²) in [7, 11) is 7.14. The van der Waals surface area contributed by atoms with Gasteiger partial charge in [0, 0.05) is 50.8 Å². The highest BCUT2D eigenvalue weighted by molar-refractivity contribution is 6.07. The van der Waals surface area contributed by atoms with Crippen molar-refractivity contribution in [1.29, 1.82) is 0 Å². The Labute approximate surface area is 370 Å². The minimum atomic E-state index is -0.966. The molecule has 3 aromatic carbocycles. The highest BCUT2D eigenvalue weighted by atomic mass is 16.5. The summed E-state index contributed by atoms with van der Waals surface area (Å²) in [5.41, 5.74) is 6.34. The summed E-state index contributed by atoms with van der Waals surface area (Å²) in [4.78, 5) is 72.9. The van der Waals surface area contributed by atoms with Crippen molar-refractivity contribution in [1.82, 2.24) is 40.4 Å². The molecule has 8 atom stereocenters. The number of hydrogen-bond acceptors (Lipinski definition) is 12. The molecule has 18 nitrogen and oxygen atoms in total. The lowest BCUT2D eigenvalue weighted by Crippen LogP contribution is -2.55. The SMILES string of the molecule is COC[C@H]1C[C@@H](c2ncc(-c3ccc4c(c3)COc3cc5c(ccc6nc([C@@H]7CC[C@H](C)N7C(=O)[C@@H](NC(=O)OC)[C@@H](C)OC)[nH]c65)cc3-4)[nH]2)N(C(=O)[C@@H](NC(=O)OC)[C@@H](C)OC)C1. The van der Waals surface area contributed by atoms with E-state index in [1.54, 1.807) is 37.0 Å². The number of imidazole rings is 2. The summed E-state index contributed by atoms with van der Waals surface area (Å²) >= 11 is 0. The molecule has 8 rings (SSSR count). The maximum Gasteiger partial charge on any atom is 0.407 e. The molecule has 0 radical (unpaired) electrons. The van der Waals surface area contributed by atoms with Crippen LogP contribution >= 0.6 is 0 Å². The minimum Gasteiger partial charge on any atom is -0.488 e. The van der Waals surface area contributed by atoms with Crippen molar-refractivity contribution >= 4 is 45.8 Å². The first-order chi connectivity index (χ1) is 30.9. The first-order valence-electron chi connectivity index (χ1n) is 21.5. The number of nitrogens with one attached hydrogen (secondary N) is 4. The van der Waals surface area contributed by atoms with E-state index in [0.717, 1.165) is 61.9 Å². The fraction of sp³-hybridized carbons (Fsp3) is 0.478. The number of likely N-dealkylation sites (tertiary alicyclic amines) is 2. The van der Waals surface area contributed by atoms with Crippen LogP contribution in [0.4, 0.5) is 9.59 Å². The van der Waals surface area contributed by atoms with Gasteiger partial charge in [-0.25, -0.2) is 19.6 Å². The Morgan fingerprint density at radius 1 is 0.844 bits per heavy atom. The molecule has 3 aliphatic rings. The molecule has 5 aromatic rings. The van der Waals surface area contributed by atoms with Crippen molar-refractivity contribution < 1.29 is 47.6 Å². The van der Waals surface area contributed by atoms with E-state index in [9.17, 15) is 19.2 Å². The predicted molar refractivity (Wildman–Crippen MR) is 235 cm³/mol. The summed E-state index contributed by atoms with van der Waals surface area (Å²) in [5, 5.41) is 7.24. The molecule has 18 heteroatoms. The summed E-state index contributed by atoms with van der Waals surface area (Å²) in [5.74, 6) is 1.54. The molecule has 3 aliphatic heterocycles. The average molecular weight is 881 g/mol. The number of aromatic nitrogens is 4. The second kappa shape index (κ2) is 18.5. The molecule has 0 bridgehead atoms. The number of alkyl carbamates (subject to hydrolysis) is 2. The summed E-state index contributed by atoms with van der Waals surface area (Å²) in [6.07, 6.45) is 1.24. The number of hydrogen-bond donors (Lipinski definition) is 4. The zero-order chi connectivity index (χ0) is 45.4. The van der Waals surface area contributed by atoms with Gasteiger partial charge in [0.05, 0.1) is 68.0 Å². The highest BCUT2D eigenvalue weighted by Crippen LogP contribution is 2.44. The van der Waals surface area contributed by atoms with Crippen molar-refractivity contribution in [2.75, 3.05) is 48.7 Å². The van der Waals surface area contributed by atoms with Gasteiger partial charge in [0.2, 0.25) is 11.8 Å². The molecular weight excluding hydrogens is 825 g/mol. The van der Waals surface area contributed by atoms with Gasteiger partial charge in [0.15, 0.2) is 0 Å². The number of methoxy groups -OCH3 is 5. The maximum absolute atomic E-state index is 14.1. The molecule has 0 aliphatic carbocycles. The van der Waals surface area contributed by atoms with E-state index < -0.39 is 36.5 Å². The molecule has 0 saturated carbocycles. The monoisotopic (exact) mass is 880 g/mol. The minimum absolute atomic E-state index is 0.0614. The molecule has 340 valence electrons. The van der Waals surface area contributed by atoms with Crippen LogP contribution < -0.4 is 15.4 Å². The molecule has 2 fully saturated rings. The smallest absolute Gasteiger partial charge is 0.407 e. The first kappa shape index (κ1) is 44.4. The standard InChI is InChI=1S/C46H56N8O10/c1-23-9-14-35(54(23)44(56)39(25(3)61-6)52-46(58)63-8)42-48-33-13-11-27-17-32-30-12-10-28(16-29(30)22-64-37(32)18-31(27)40(33)50-42)34-19-47-41(49-34)36-15-26(21-59-4)20-53(36)43(55)38(24(2)60-5)51-45(57)62-7/h10-13,16-19,23-26,35-36,38-39H,9,14-15,20-22H2,1-8H3,(H,47,49)(H,48,50)(H,51,57)(H,52,58)/t23-,24+,25+,26-,35-,36-,38-,39-/m0/s1. The van der Waals surface area contributed by atoms with Gasteiger partial charge in [-0.15, -0.1) is 0 Å². The molecule has 64 heavy (non-hydrogen) atoms. The molecule has 0 unspecified atom stereocenters. The number of ether oxygens (including phenoxy) is 6. The normalized spacial score (nSPS) is 21.1. The van der Waals surface area contributed by atoms with Gasteiger partial charge in [0.1, 0.15) is 36.1 Å². The van der Waals surface area contributed by atoms with Crippen LogP contribution in [-0.4, -0.2) is 133 Å². The van der Waals surface area contributed by atoms with Crippen molar-refractivity contribution in [3.63, 3.8) is 0 Å². The zero-order valence-corrected chi connectivity index (χ0v) is 37.4. The Hall–Kier alpha value is -6.24. The summed E-state index contributed by atoms with van der Waals surface area (Å²) in [6.45, 7) is 6.70. The lowest BCUT2D eigenvalue weighted by molar-refractivity contribution is -0.139. The molecule has 5 heterocycles. The number of carbonyl (C=O) groups excluding carboxylic acids is 4. The Morgan fingerprint density at radius 2 is 1.56 bits per heavy atom. The van der Waals surface area contributed by atoms with Crippen LogP contribution in [0, 0.1) is 5.92 Å². The van der Waals surface area contributed by atoms with Crippen molar-refractivity contribution in [2.24, 2.45) is 5.92 Å². The second-order valence-corrected chi connectivity index (χ2v) is 16.9. The quantitative estimate of drug-likeness (QED) is 0.111. The van der Waals surface area contributed by atoms with Gasteiger partial charge in [-0.05, 0) is 86.4 Å². The van der Waals surface area contributed by atoms with Crippen LogP contribution in [0.15, 0.2) is 48.7 Å². The van der Waals surface area contributed by atoms with Gasteiger partial charge in [-0.2, -0.15) is 0 Å². The van der Waals surface area contributed by atoms with Crippen LogP contribution in [0.3, 0.4) is 0 Å². The number of nitrogens with zero attached hydrogens (tertiary/aromatic N) is 4. The lowest BCUT2D eigenvalue weighted by Gasteiger charge is -2.33. The van der Waals surface area contributed by atoms with Gasteiger partial charge >= 0.3 is 12.2 Å². The Bertz CT molecular complexity index is 2560. The van der Waals surface area contributed by atoms with Crippen LogP contribution in [0.25, 0.3) is 44.2 Å². The number of H-pyrrole nitrogens is 2. The van der Waals surface area contributed by atoms with Gasteiger partial charge < -0.3 is 58.8 Å². The number of carbonyl (C=O) groups is 4. The lowest BCUT2D eigenvalue weighted by atomic mass is 9.92. The number of rotatable bonds is 13. The Kier molecular flexibility index (Phi) is 12.8. The zero-order valence-electron chi connectivity index (χ0n) is 37.4. The Balaban J connectivity index is 1.05. The summed E-state index contributed by atoms with van der Waals surface area (Å²) in [6, 6.07) is 11.7. The predicted octanol–water partition coefficient (Wildman–Crippen LogP) is 5.77. The van der Waals surface area contributed by atoms with Crippen LogP contribution in [0.2, 0.25) is 0 Å². The average Bonchev–Trinajstić information content (AvgIpc) is 4.14. The number of aromatic amines is 2. The topological polar surface area (TPSA) is 212 Å². The van der Waals surface area contributed by atoms with Crippen molar-refractivity contribution in [2.45, 2.75) is 89.1 Å². The fourth-order valence-electron chi connectivity index (χ4n) is 9.44. The number of benzene rings is 3. The molecule has 2 aromatic heterocycles. The van der Waals surface area contributed by atoms with Crippen molar-refractivity contribution in [3.05, 3.63) is 65.9 Å². The van der Waals surface area contributed by atoms with E-state index >= 15 is 0 Å². The summed E-state index contributed by atoms with van der Waals surface area (Å²) < 4.78 is 32.5. The van der Waals surface area contributed by atoms with E-state index in [-0.39, 0.29) is 35.9 Å². The van der Waals surface area contributed by atoms with E-state index in [1.165, 1.54) is 28.4 Å². The van der Waals surface area contributed by atoms with E-state index in [0.29, 0.717) is 44.2 Å². The van der Waals surface area contributed by atoms with Gasteiger partial charge in [0.25, 0.3) is 0 Å². The number of fused-ring (bicyclic) bond motifs is 6.